The summed E-state index contributed by atoms with van der Waals surface area (Å²) in [7, 11) is 0. The van der Waals surface area contributed by atoms with Gasteiger partial charge in [0.15, 0.2) is 5.82 Å². The topological polar surface area (TPSA) is 56.0 Å². The fourth-order valence-electron chi connectivity index (χ4n) is 3.22. The normalized spacial score (nSPS) is 37.6. The Morgan fingerprint density at radius 3 is 2.25 bits per heavy atom. The first kappa shape index (κ1) is 10.00. The van der Waals surface area contributed by atoms with E-state index in [-0.39, 0.29) is 10.8 Å². The number of aromatic nitrogens is 2. The first-order chi connectivity index (χ1) is 7.68. The number of rotatable bonds is 2. The predicted molar refractivity (Wildman–Crippen MR) is 56.9 cm³/mol. The summed E-state index contributed by atoms with van der Waals surface area (Å²) >= 11 is 0. The van der Waals surface area contributed by atoms with Gasteiger partial charge in [0.25, 0.3) is 0 Å². The number of aryl methyl sites for hydroxylation is 1. The van der Waals surface area contributed by atoms with E-state index < -0.39 is 0 Å². The molecule has 1 aromatic rings. The van der Waals surface area contributed by atoms with Gasteiger partial charge in [0, 0.05) is 10.8 Å². The molecule has 1 heterocycles. The molecule has 0 amide bonds. The summed E-state index contributed by atoms with van der Waals surface area (Å²) in [6.07, 6.45) is 7.19. The number of aldehydes is 1. The predicted octanol–water partition coefficient (Wildman–Crippen LogP) is 2.17. The molecule has 0 saturated heterocycles. The Hall–Kier alpha value is -1.19. The van der Waals surface area contributed by atoms with Crippen molar-refractivity contribution in [2.24, 2.45) is 5.41 Å². The van der Waals surface area contributed by atoms with E-state index in [2.05, 4.69) is 10.1 Å². The third-order valence-corrected chi connectivity index (χ3v) is 4.54. The lowest BCUT2D eigenvalue weighted by atomic mass is 9.54. The minimum Gasteiger partial charge on any atom is -0.339 e. The molecule has 1 aromatic heterocycles. The number of hydrogen-bond acceptors (Lipinski definition) is 4. The van der Waals surface area contributed by atoms with Gasteiger partial charge in [-0.2, -0.15) is 4.98 Å². The lowest BCUT2D eigenvalue weighted by Gasteiger charge is -2.49. The Morgan fingerprint density at radius 1 is 1.19 bits per heavy atom. The van der Waals surface area contributed by atoms with Crippen molar-refractivity contribution in [1.29, 1.82) is 0 Å². The number of hydrogen-bond donors (Lipinski definition) is 0. The van der Waals surface area contributed by atoms with Crippen molar-refractivity contribution in [1.82, 2.24) is 10.1 Å². The van der Waals surface area contributed by atoms with Crippen LogP contribution in [0.25, 0.3) is 0 Å². The Labute approximate surface area is 94.4 Å². The average Bonchev–Trinajstić information content (AvgIpc) is 2.79. The maximum absolute atomic E-state index is 11.1. The summed E-state index contributed by atoms with van der Waals surface area (Å²) in [4.78, 5) is 15.5. The molecule has 0 aliphatic heterocycles. The third-order valence-electron chi connectivity index (χ3n) is 4.54. The summed E-state index contributed by atoms with van der Waals surface area (Å²) in [6, 6.07) is 0. The highest BCUT2D eigenvalue weighted by Crippen LogP contribution is 2.56. The monoisotopic (exact) mass is 220 g/mol. The average molecular weight is 220 g/mol. The van der Waals surface area contributed by atoms with Gasteiger partial charge in [-0.1, -0.05) is 5.16 Å². The molecule has 0 N–H and O–H groups in total. The van der Waals surface area contributed by atoms with Gasteiger partial charge in [-0.25, -0.2) is 0 Å². The van der Waals surface area contributed by atoms with Crippen molar-refractivity contribution >= 4 is 6.29 Å². The van der Waals surface area contributed by atoms with E-state index in [1.165, 1.54) is 6.29 Å². The minimum absolute atomic E-state index is 0.0309. The van der Waals surface area contributed by atoms with E-state index in [4.69, 9.17) is 4.52 Å². The second kappa shape index (κ2) is 3.15. The molecular formula is C12H16N2O2. The van der Waals surface area contributed by atoms with E-state index in [0.29, 0.717) is 5.82 Å². The van der Waals surface area contributed by atoms with Crippen LogP contribution in [0, 0.1) is 12.3 Å². The van der Waals surface area contributed by atoms with Crippen LogP contribution in [0.2, 0.25) is 0 Å². The van der Waals surface area contributed by atoms with E-state index >= 15 is 0 Å². The molecule has 4 heteroatoms. The van der Waals surface area contributed by atoms with Crippen molar-refractivity contribution in [3.05, 3.63) is 11.7 Å². The molecule has 86 valence electrons. The van der Waals surface area contributed by atoms with Crippen molar-refractivity contribution < 1.29 is 9.32 Å². The van der Waals surface area contributed by atoms with Gasteiger partial charge in [0.1, 0.15) is 6.29 Å². The van der Waals surface area contributed by atoms with Gasteiger partial charge >= 0.3 is 0 Å². The Bertz CT molecular complexity index is 400. The largest absolute Gasteiger partial charge is 0.339 e. The standard InChI is InChI=1S/C12H16N2O2/c1-9-13-10(16-14-9)12-5-2-11(8-15,3-6-12)4-7-12/h8H,2-7H2,1H3. The molecule has 0 radical (unpaired) electrons. The summed E-state index contributed by atoms with van der Waals surface area (Å²) < 4.78 is 5.34. The maximum atomic E-state index is 11.1. The van der Waals surface area contributed by atoms with E-state index in [9.17, 15) is 4.79 Å². The number of fused-ring (bicyclic) bond motifs is 3. The molecular weight excluding hydrogens is 204 g/mol. The smallest absolute Gasteiger partial charge is 0.232 e. The van der Waals surface area contributed by atoms with Gasteiger partial charge < -0.3 is 9.32 Å². The van der Waals surface area contributed by atoms with Gasteiger partial charge in [-0.3, -0.25) is 0 Å². The number of nitrogens with zero attached hydrogens (tertiary/aromatic N) is 2. The zero-order chi connectivity index (χ0) is 11.2. The van der Waals surface area contributed by atoms with Crippen LogP contribution in [0.1, 0.15) is 50.2 Å². The summed E-state index contributed by atoms with van der Waals surface area (Å²) in [6.45, 7) is 1.85. The molecule has 0 spiro atoms. The lowest BCUT2D eigenvalue weighted by molar-refractivity contribution is -0.122. The van der Waals surface area contributed by atoms with Crippen LogP contribution in [-0.2, 0) is 10.2 Å². The van der Waals surface area contributed by atoms with Crippen LogP contribution in [0.5, 0.6) is 0 Å². The highest BCUT2D eigenvalue weighted by atomic mass is 16.5. The first-order valence-corrected chi connectivity index (χ1v) is 5.95. The van der Waals surface area contributed by atoms with Gasteiger partial charge in [-0.15, -0.1) is 0 Å². The van der Waals surface area contributed by atoms with Crippen LogP contribution in [0.15, 0.2) is 4.52 Å². The van der Waals surface area contributed by atoms with Crippen LogP contribution in [0.4, 0.5) is 0 Å². The van der Waals surface area contributed by atoms with Gasteiger partial charge in [0.2, 0.25) is 5.89 Å². The zero-order valence-electron chi connectivity index (χ0n) is 9.53. The van der Waals surface area contributed by atoms with Gasteiger partial charge in [-0.05, 0) is 45.4 Å². The van der Waals surface area contributed by atoms with Gasteiger partial charge in [0.05, 0.1) is 0 Å². The Balaban J connectivity index is 1.90. The molecule has 3 fully saturated rings. The molecule has 2 bridgehead atoms. The van der Waals surface area contributed by atoms with Crippen molar-refractivity contribution in [3.63, 3.8) is 0 Å². The highest BCUT2D eigenvalue weighted by Gasteiger charge is 2.52. The highest BCUT2D eigenvalue weighted by molar-refractivity contribution is 5.60. The molecule has 3 aliphatic rings. The maximum Gasteiger partial charge on any atom is 0.232 e. The SMILES string of the molecule is Cc1noc(C23CCC(C=O)(CC2)CC3)n1. The molecule has 16 heavy (non-hydrogen) atoms. The fraction of sp³-hybridized carbons (Fsp3) is 0.750. The van der Waals surface area contributed by atoms with E-state index in [1.807, 2.05) is 6.92 Å². The Kier molecular flexibility index (Phi) is 1.97. The second-order valence-corrected chi connectivity index (χ2v) is 5.41. The molecule has 3 saturated carbocycles. The first-order valence-electron chi connectivity index (χ1n) is 5.95. The van der Waals surface area contributed by atoms with Crippen LogP contribution >= 0.6 is 0 Å². The summed E-state index contributed by atoms with van der Waals surface area (Å²) in [5.74, 6) is 1.51. The molecule has 0 aromatic carbocycles. The van der Waals surface area contributed by atoms with E-state index in [0.717, 1.165) is 44.4 Å². The number of carbonyl (C=O) groups is 1. The van der Waals surface area contributed by atoms with Crippen molar-refractivity contribution in [2.75, 3.05) is 0 Å². The second-order valence-electron chi connectivity index (χ2n) is 5.41. The molecule has 0 unspecified atom stereocenters. The van der Waals surface area contributed by atoms with Crippen molar-refractivity contribution in [2.45, 2.75) is 50.9 Å². The molecule has 4 nitrogen and oxygen atoms in total. The third kappa shape index (κ3) is 1.25. The minimum atomic E-state index is -0.0309. The Morgan fingerprint density at radius 2 is 1.81 bits per heavy atom. The summed E-state index contributed by atoms with van der Waals surface area (Å²) in [5, 5.41) is 3.88. The lowest BCUT2D eigenvalue weighted by Crippen LogP contribution is -2.45. The number of carbonyl (C=O) groups excluding carboxylic acids is 1. The van der Waals surface area contributed by atoms with Crippen molar-refractivity contribution in [3.8, 4) is 0 Å². The molecule has 4 rings (SSSR count). The summed E-state index contributed by atoms with van der Waals surface area (Å²) in [5.41, 5.74) is 0.0445. The zero-order valence-corrected chi connectivity index (χ0v) is 9.53. The van der Waals surface area contributed by atoms with Crippen LogP contribution in [-0.4, -0.2) is 16.4 Å². The fourth-order valence-corrected chi connectivity index (χ4v) is 3.22. The molecule has 3 aliphatic carbocycles. The van der Waals surface area contributed by atoms with Crippen LogP contribution in [0.3, 0.4) is 0 Å². The van der Waals surface area contributed by atoms with Crippen LogP contribution < -0.4 is 0 Å². The van der Waals surface area contributed by atoms with E-state index in [1.54, 1.807) is 0 Å². The molecule has 0 atom stereocenters. The quantitative estimate of drug-likeness (QED) is 0.717.